The summed E-state index contributed by atoms with van der Waals surface area (Å²) in [6, 6.07) is 9.32. The van der Waals surface area contributed by atoms with Crippen LogP contribution in [0.2, 0.25) is 0 Å². The highest BCUT2D eigenvalue weighted by Gasteiger charge is 2.47. The van der Waals surface area contributed by atoms with Gasteiger partial charge in [-0.2, -0.15) is 13.2 Å². The number of benzene rings is 1. The van der Waals surface area contributed by atoms with E-state index < -0.39 is 23.7 Å². The second-order valence-corrected chi connectivity index (χ2v) is 5.13. The van der Waals surface area contributed by atoms with Crippen molar-refractivity contribution in [2.24, 2.45) is 5.92 Å². The molecule has 116 valence electrons. The number of Topliss-reactive ketones (excluding diaryl/α,β-unsaturated/α-hetero) is 2. The standard InChI is InChI=1S/C17H15F3O2/c18-17(19,20)16(22)14-11-5-10-13(15(14)21)9-4-8-12-6-2-1-3-7-12/h1-4,6-9,14H,5,10-11H2/b8-4?,13-9+. The Morgan fingerprint density at radius 2 is 1.86 bits per heavy atom. The number of alkyl halides is 3. The van der Waals surface area contributed by atoms with Crippen molar-refractivity contribution in [3.8, 4) is 0 Å². The third-order valence-corrected chi connectivity index (χ3v) is 3.55. The SMILES string of the molecule is O=C1/C(=C/C=Cc2ccccc2)CCCC1C(=O)C(F)(F)F. The number of allylic oxidation sites excluding steroid dienone is 3. The van der Waals surface area contributed by atoms with Crippen molar-refractivity contribution >= 4 is 17.6 Å². The summed E-state index contributed by atoms with van der Waals surface area (Å²) < 4.78 is 37.4. The highest BCUT2D eigenvalue weighted by Crippen LogP contribution is 2.31. The molecule has 0 bridgehead atoms. The van der Waals surface area contributed by atoms with E-state index in [4.69, 9.17) is 0 Å². The number of halogens is 3. The van der Waals surface area contributed by atoms with E-state index >= 15 is 0 Å². The van der Waals surface area contributed by atoms with Crippen LogP contribution in [-0.4, -0.2) is 17.7 Å². The van der Waals surface area contributed by atoms with Crippen LogP contribution in [0, 0.1) is 5.92 Å². The van der Waals surface area contributed by atoms with Gasteiger partial charge in [-0.25, -0.2) is 0 Å². The van der Waals surface area contributed by atoms with Gasteiger partial charge in [-0.05, 0) is 30.4 Å². The Kier molecular flexibility index (Phi) is 4.96. The monoisotopic (exact) mass is 308 g/mol. The number of carbonyl (C=O) groups excluding carboxylic acids is 2. The van der Waals surface area contributed by atoms with Gasteiger partial charge in [-0.15, -0.1) is 0 Å². The Bertz CT molecular complexity index is 613. The van der Waals surface area contributed by atoms with E-state index in [1.54, 1.807) is 12.2 Å². The maximum Gasteiger partial charge on any atom is 0.450 e. The van der Waals surface area contributed by atoms with Gasteiger partial charge in [0.15, 0.2) is 5.78 Å². The zero-order valence-corrected chi connectivity index (χ0v) is 11.8. The van der Waals surface area contributed by atoms with E-state index in [-0.39, 0.29) is 12.0 Å². The minimum absolute atomic E-state index is 0.0308. The molecule has 1 atom stereocenters. The van der Waals surface area contributed by atoms with Crippen molar-refractivity contribution in [2.45, 2.75) is 25.4 Å². The summed E-state index contributed by atoms with van der Waals surface area (Å²) in [5.74, 6) is -4.22. The van der Waals surface area contributed by atoms with Crippen molar-refractivity contribution in [3.05, 3.63) is 53.6 Å². The lowest BCUT2D eigenvalue weighted by Crippen LogP contribution is -2.37. The predicted octanol–water partition coefficient (Wildman–Crippen LogP) is 4.13. The van der Waals surface area contributed by atoms with Crippen LogP contribution in [0.25, 0.3) is 6.08 Å². The first-order chi connectivity index (χ1) is 10.4. The molecular weight excluding hydrogens is 293 g/mol. The van der Waals surface area contributed by atoms with Crippen LogP contribution in [0.15, 0.2) is 48.1 Å². The second-order valence-electron chi connectivity index (χ2n) is 5.13. The number of carbonyl (C=O) groups is 2. The van der Waals surface area contributed by atoms with E-state index in [1.165, 1.54) is 6.08 Å². The summed E-state index contributed by atoms with van der Waals surface area (Å²) in [5, 5.41) is 0. The van der Waals surface area contributed by atoms with Crippen molar-refractivity contribution < 1.29 is 22.8 Å². The lowest BCUT2D eigenvalue weighted by molar-refractivity contribution is -0.177. The molecule has 1 saturated carbocycles. The molecule has 0 radical (unpaired) electrons. The average Bonchev–Trinajstić information content (AvgIpc) is 2.48. The molecule has 0 spiro atoms. The quantitative estimate of drug-likeness (QED) is 0.621. The Labute approximate surface area is 126 Å². The normalized spacial score (nSPS) is 21.5. The molecule has 0 heterocycles. The van der Waals surface area contributed by atoms with Gasteiger partial charge in [0.2, 0.25) is 5.78 Å². The van der Waals surface area contributed by atoms with E-state index in [0.29, 0.717) is 12.8 Å². The Morgan fingerprint density at radius 1 is 1.18 bits per heavy atom. The molecule has 1 aromatic carbocycles. The summed E-state index contributed by atoms with van der Waals surface area (Å²) in [4.78, 5) is 23.3. The maximum absolute atomic E-state index is 12.5. The molecule has 1 fully saturated rings. The van der Waals surface area contributed by atoms with E-state index in [1.807, 2.05) is 30.3 Å². The predicted molar refractivity (Wildman–Crippen MR) is 77.0 cm³/mol. The zero-order valence-electron chi connectivity index (χ0n) is 11.8. The highest BCUT2D eigenvalue weighted by atomic mass is 19.4. The molecule has 0 aromatic heterocycles. The first-order valence-electron chi connectivity index (χ1n) is 6.97. The van der Waals surface area contributed by atoms with Gasteiger partial charge in [-0.1, -0.05) is 48.6 Å². The van der Waals surface area contributed by atoms with Gasteiger partial charge in [0.1, 0.15) is 0 Å². The molecule has 0 N–H and O–H groups in total. The summed E-state index contributed by atoms with van der Waals surface area (Å²) >= 11 is 0. The molecule has 5 heteroatoms. The molecule has 2 nitrogen and oxygen atoms in total. The molecular formula is C17H15F3O2. The summed E-state index contributed by atoms with van der Waals surface area (Å²) in [6.07, 6.45) is 0.714. The third kappa shape index (κ3) is 3.93. The van der Waals surface area contributed by atoms with E-state index in [9.17, 15) is 22.8 Å². The first-order valence-corrected chi connectivity index (χ1v) is 6.97. The molecule has 1 aliphatic carbocycles. The molecule has 1 aromatic rings. The molecule has 0 saturated heterocycles. The summed E-state index contributed by atoms with van der Waals surface area (Å²) in [5.41, 5.74) is 1.20. The van der Waals surface area contributed by atoms with Gasteiger partial charge >= 0.3 is 6.18 Å². The molecule has 0 amide bonds. The van der Waals surface area contributed by atoms with Crippen LogP contribution in [0.4, 0.5) is 13.2 Å². The van der Waals surface area contributed by atoms with Crippen LogP contribution in [0.3, 0.4) is 0 Å². The Hall–Kier alpha value is -2.17. The van der Waals surface area contributed by atoms with Crippen LogP contribution in [0.5, 0.6) is 0 Å². The number of hydrogen-bond donors (Lipinski definition) is 0. The van der Waals surface area contributed by atoms with Crippen molar-refractivity contribution in [1.82, 2.24) is 0 Å². The molecule has 0 aliphatic heterocycles. The largest absolute Gasteiger partial charge is 0.450 e. The van der Waals surface area contributed by atoms with Crippen molar-refractivity contribution in [1.29, 1.82) is 0 Å². The fraction of sp³-hybridized carbons (Fsp3) is 0.294. The molecule has 1 aliphatic rings. The number of rotatable bonds is 3. The minimum Gasteiger partial charge on any atom is -0.294 e. The third-order valence-electron chi connectivity index (χ3n) is 3.55. The lowest BCUT2D eigenvalue weighted by atomic mass is 9.81. The molecule has 22 heavy (non-hydrogen) atoms. The van der Waals surface area contributed by atoms with Gasteiger partial charge in [0, 0.05) is 0 Å². The topological polar surface area (TPSA) is 34.1 Å². The minimum atomic E-state index is -4.96. The summed E-state index contributed by atoms with van der Waals surface area (Å²) in [6.45, 7) is 0. The van der Waals surface area contributed by atoms with Crippen LogP contribution < -0.4 is 0 Å². The number of hydrogen-bond acceptors (Lipinski definition) is 2. The maximum atomic E-state index is 12.5. The van der Waals surface area contributed by atoms with Crippen LogP contribution in [0.1, 0.15) is 24.8 Å². The average molecular weight is 308 g/mol. The molecule has 2 rings (SSSR count). The lowest BCUT2D eigenvalue weighted by Gasteiger charge is -2.22. The fourth-order valence-corrected chi connectivity index (χ4v) is 2.43. The first kappa shape index (κ1) is 16.2. The highest BCUT2D eigenvalue weighted by molar-refractivity contribution is 6.12. The zero-order chi connectivity index (χ0) is 16.2. The smallest absolute Gasteiger partial charge is 0.294 e. The molecule has 1 unspecified atom stereocenters. The van der Waals surface area contributed by atoms with Gasteiger partial charge in [0.25, 0.3) is 0 Å². The Morgan fingerprint density at radius 3 is 2.50 bits per heavy atom. The van der Waals surface area contributed by atoms with Crippen LogP contribution in [-0.2, 0) is 9.59 Å². The second kappa shape index (κ2) is 6.73. The van der Waals surface area contributed by atoms with Gasteiger partial charge < -0.3 is 0 Å². The summed E-state index contributed by atoms with van der Waals surface area (Å²) in [7, 11) is 0. The fourth-order valence-electron chi connectivity index (χ4n) is 2.43. The van der Waals surface area contributed by atoms with Crippen LogP contribution >= 0.6 is 0 Å². The van der Waals surface area contributed by atoms with Gasteiger partial charge in [0.05, 0.1) is 5.92 Å². The number of ketones is 2. The van der Waals surface area contributed by atoms with E-state index in [2.05, 4.69) is 0 Å². The van der Waals surface area contributed by atoms with Gasteiger partial charge in [-0.3, -0.25) is 9.59 Å². The van der Waals surface area contributed by atoms with Crippen molar-refractivity contribution in [3.63, 3.8) is 0 Å². The van der Waals surface area contributed by atoms with Crippen molar-refractivity contribution in [2.75, 3.05) is 0 Å². The Balaban J connectivity index is 2.11. The van der Waals surface area contributed by atoms with E-state index in [0.717, 1.165) is 5.56 Å².